The highest BCUT2D eigenvalue weighted by Gasteiger charge is 2.31. The van der Waals surface area contributed by atoms with E-state index in [4.69, 9.17) is 16.3 Å². The third kappa shape index (κ3) is 4.38. The lowest BCUT2D eigenvalue weighted by molar-refractivity contribution is -0.137. The van der Waals surface area contributed by atoms with Crippen LogP contribution in [0.15, 0.2) is 36.5 Å². The van der Waals surface area contributed by atoms with Crippen molar-refractivity contribution < 1.29 is 22.7 Å². The van der Waals surface area contributed by atoms with Crippen LogP contribution in [0.1, 0.15) is 29.3 Å². The van der Waals surface area contributed by atoms with Crippen molar-refractivity contribution in [1.29, 1.82) is 0 Å². The van der Waals surface area contributed by atoms with Crippen LogP contribution in [-0.4, -0.2) is 17.5 Å². The zero-order chi connectivity index (χ0) is 17.7. The van der Waals surface area contributed by atoms with Crippen LogP contribution < -0.4 is 10.1 Å². The van der Waals surface area contributed by atoms with Crippen LogP contribution in [0.5, 0.6) is 5.75 Å². The smallest absolute Gasteiger partial charge is 0.416 e. The minimum atomic E-state index is -4.53. The highest BCUT2D eigenvalue weighted by atomic mass is 35.5. The molecule has 1 aromatic carbocycles. The third-order valence-corrected chi connectivity index (χ3v) is 3.32. The summed E-state index contributed by atoms with van der Waals surface area (Å²) < 4.78 is 44.1. The van der Waals surface area contributed by atoms with E-state index >= 15 is 0 Å². The first-order valence-electron chi connectivity index (χ1n) is 7.09. The summed E-state index contributed by atoms with van der Waals surface area (Å²) in [7, 11) is 0. The molecule has 128 valence electrons. The molecule has 0 atom stereocenters. The van der Waals surface area contributed by atoms with Gasteiger partial charge in [-0.3, -0.25) is 4.79 Å². The maximum atomic E-state index is 12.9. The number of nitrogens with zero attached hydrogens (tertiary/aromatic N) is 1. The summed E-state index contributed by atoms with van der Waals surface area (Å²) in [6.07, 6.45) is -2.46. The quantitative estimate of drug-likeness (QED) is 0.781. The second kappa shape index (κ2) is 7.53. The van der Waals surface area contributed by atoms with Gasteiger partial charge >= 0.3 is 6.18 Å². The number of amides is 1. The summed E-state index contributed by atoms with van der Waals surface area (Å²) in [4.78, 5) is 16.0. The van der Waals surface area contributed by atoms with Crippen LogP contribution in [0.2, 0.25) is 5.15 Å². The van der Waals surface area contributed by atoms with E-state index in [-0.39, 0.29) is 22.2 Å². The zero-order valence-corrected chi connectivity index (χ0v) is 13.4. The summed E-state index contributed by atoms with van der Waals surface area (Å²) in [6, 6.07) is 5.83. The minimum Gasteiger partial charge on any atom is -0.491 e. The Kier molecular flexibility index (Phi) is 5.66. The zero-order valence-electron chi connectivity index (χ0n) is 12.7. The molecule has 4 nitrogen and oxygen atoms in total. The molecular weight excluding hydrogens is 345 g/mol. The molecule has 0 unspecified atom stereocenters. The van der Waals surface area contributed by atoms with E-state index in [0.717, 1.165) is 12.1 Å². The van der Waals surface area contributed by atoms with E-state index in [1.807, 2.05) is 6.92 Å². The summed E-state index contributed by atoms with van der Waals surface area (Å²) >= 11 is 5.83. The topological polar surface area (TPSA) is 51.2 Å². The molecule has 1 heterocycles. The van der Waals surface area contributed by atoms with E-state index in [0.29, 0.717) is 13.0 Å². The molecule has 24 heavy (non-hydrogen) atoms. The molecule has 0 bridgehead atoms. The Hall–Kier alpha value is -2.28. The highest BCUT2D eigenvalue weighted by molar-refractivity contribution is 6.33. The fraction of sp³-hybridized carbons (Fsp3) is 0.250. The second-order valence-corrected chi connectivity index (χ2v) is 5.21. The SMILES string of the molecule is CCCOc1ccc(C(F)(F)F)cc1NC(=O)c1cccnc1Cl. The first-order chi connectivity index (χ1) is 11.3. The number of carbonyl (C=O) groups is 1. The normalized spacial score (nSPS) is 11.2. The summed E-state index contributed by atoms with van der Waals surface area (Å²) in [5.41, 5.74) is -0.917. The van der Waals surface area contributed by atoms with E-state index in [1.54, 1.807) is 0 Å². The van der Waals surface area contributed by atoms with Gasteiger partial charge in [0.1, 0.15) is 10.9 Å². The number of nitrogens with one attached hydrogen (secondary N) is 1. The van der Waals surface area contributed by atoms with Crippen molar-refractivity contribution in [2.24, 2.45) is 0 Å². The first kappa shape index (κ1) is 18.1. The van der Waals surface area contributed by atoms with Crippen molar-refractivity contribution in [2.45, 2.75) is 19.5 Å². The average molecular weight is 359 g/mol. The maximum absolute atomic E-state index is 12.9. The van der Waals surface area contributed by atoms with Crippen LogP contribution in [0, 0.1) is 0 Å². The van der Waals surface area contributed by atoms with Crippen LogP contribution >= 0.6 is 11.6 Å². The van der Waals surface area contributed by atoms with E-state index < -0.39 is 17.6 Å². The van der Waals surface area contributed by atoms with E-state index in [9.17, 15) is 18.0 Å². The van der Waals surface area contributed by atoms with E-state index in [2.05, 4.69) is 10.3 Å². The van der Waals surface area contributed by atoms with Crippen LogP contribution in [0.3, 0.4) is 0 Å². The highest BCUT2D eigenvalue weighted by Crippen LogP contribution is 2.35. The molecule has 0 fully saturated rings. The fourth-order valence-electron chi connectivity index (χ4n) is 1.89. The van der Waals surface area contributed by atoms with Gasteiger partial charge in [-0.15, -0.1) is 0 Å². The van der Waals surface area contributed by atoms with Gasteiger partial charge in [0.05, 0.1) is 23.4 Å². The minimum absolute atomic E-state index is 0.0435. The van der Waals surface area contributed by atoms with Gasteiger partial charge in [0, 0.05) is 6.20 Å². The molecule has 2 aromatic rings. The number of carbonyl (C=O) groups excluding carboxylic acids is 1. The lowest BCUT2D eigenvalue weighted by Gasteiger charge is -2.15. The number of rotatable bonds is 5. The number of hydrogen-bond donors (Lipinski definition) is 1. The van der Waals surface area contributed by atoms with Gasteiger partial charge in [-0.25, -0.2) is 4.98 Å². The molecule has 0 radical (unpaired) electrons. The van der Waals surface area contributed by atoms with Crippen LogP contribution in [-0.2, 0) is 6.18 Å². The summed E-state index contributed by atoms with van der Waals surface area (Å²) in [5.74, 6) is -0.521. The number of pyridine rings is 1. The first-order valence-corrected chi connectivity index (χ1v) is 7.46. The lowest BCUT2D eigenvalue weighted by Crippen LogP contribution is -2.15. The molecule has 0 saturated heterocycles. The summed E-state index contributed by atoms with van der Waals surface area (Å²) in [5, 5.41) is 2.36. The van der Waals surface area contributed by atoms with Gasteiger partial charge in [-0.1, -0.05) is 18.5 Å². The van der Waals surface area contributed by atoms with Gasteiger partial charge in [0.25, 0.3) is 5.91 Å². The molecule has 0 aliphatic carbocycles. The molecule has 2 rings (SSSR count). The number of aromatic nitrogens is 1. The van der Waals surface area contributed by atoms with Gasteiger partial charge in [0.15, 0.2) is 0 Å². The fourth-order valence-corrected chi connectivity index (χ4v) is 2.09. The van der Waals surface area contributed by atoms with Crippen molar-refractivity contribution in [2.75, 3.05) is 11.9 Å². The Morgan fingerprint density at radius 3 is 2.71 bits per heavy atom. The van der Waals surface area contributed by atoms with Crippen molar-refractivity contribution in [3.8, 4) is 5.75 Å². The predicted molar refractivity (Wildman–Crippen MR) is 84.4 cm³/mol. The molecule has 1 amide bonds. The Bertz CT molecular complexity index is 736. The molecule has 0 aliphatic rings. The van der Waals surface area contributed by atoms with Gasteiger partial charge in [-0.2, -0.15) is 13.2 Å². The number of ether oxygens (including phenoxy) is 1. The second-order valence-electron chi connectivity index (χ2n) is 4.85. The molecular formula is C16H14ClF3N2O2. The number of hydrogen-bond acceptors (Lipinski definition) is 3. The molecule has 8 heteroatoms. The monoisotopic (exact) mass is 358 g/mol. The maximum Gasteiger partial charge on any atom is 0.416 e. The molecule has 0 aliphatic heterocycles. The molecule has 1 aromatic heterocycles. The summed E-state index contributed by atoms with van der Waals surface area (Å²) in [6.45, 7) is 2.17. The Labute approximate surface area is 141 Å². The van der Waals surface area contributed by atoms with Crippen molar-refractivity contribution >= 4 is 23.2 Å². The molecule has 0 saturated carbocycles. The number of benzene rings is 1. The Balaban J connectivity index is 2.35. The largest absolute Gasteiger partial charge is 0.491 e. The Morgan fingerprint density at radius 1 is 1.33 bits per heavy atom. The van der Waals surface area contributed by atoms with Crippen molar-refractivity contribution in [1.82, 2.24) is 4.98 Å². The van der Waals surface area contributed by atoms with Crippen molar-refractivity contribution in [3.05, 3.63) is 52.8 Å². The van der Waals surface area contributed by atoms with Crippen molar-refractivity contribution in [3.63, 3.8) is 0 Å². The van der Waals surface area contributed by atoms with Crippen LogP contribution in [0.4, 0.5) is 18.9 Å². The average Bonchev–Trinajstić information content (AvgIpc) is 2.53. The Morgan fingerprint density at radius 2 is 2.08 bits per heavy atom. The number of halogens is 4. The number of anilines is 1. The molecule has 0 spiro atoms. The van der Waals surface area contributed by atoms with Gasteiger partial charge in [0.2, 0.25) is 0 Å². The predicted octanol–water partition coefficient (Wildman–Crippen LogP) is 4.79. The van der Waals surface area contributed by atoms with Gasteiger partial charge in [-0.05, 0) is 36.8 Å². The lowest BCUT2D eigenvalue weighted by atomic mass is 10.1. The van der Waals surface area contributed by atoms with E-state index in [1.165, 1.54) is 24.4 Å². The van der Waals surface area contributed by atoms with Gasteiger partial charge < -0.3 is 10.1 Å². The number of alkyl halides is 3. The third-order valence-electron chi connectivity index (χ3n) is 3.02. The van der Waals surface area contributed by atoms with Crippen LogP contribution in [0.25, 0.3) is 0 Å². The standard InChI is InChI=1S/C16H14ClF3N2O2/c1-2-8-24-13-6-5-10(16(18,19)20)9-12(13)22-15(23)11-4-3-7-21-14(11)17/h3-7,9H,2,8H2,1H3,(H,22,23). The molecule has 1 N–H and O–H groups in total.